The average Bonchev–Trinajstić information content (AvgIpc) is 2.39. The van der Waals surface area contributed by atoms with Crippen molar-refractivity contribution in [3.63, 3.8) is 0 Å². The van der Waals surface area contributed by atoms with Crippen LogP contribution >= 0.6 is 0 Å². The van der Waals surface area contributed by atoms with Crippen LogP contribution in [-0.2, 0) is 11.2 Å². The van der Waals surface area contributed by atoms with Crippen LogP contribution in [0.1, 0.15) is 16.7 Å². The maximum atomic E-state index is 11.7. The summed E-state index contributed by atoms with van der Waals surface area (Å²) in [7, 11) is 2.08. The number of piperazine rings is 1. The molecule has 4 nitrogen and oxygen atoms in total. The summed E-state index contributed by atoms with van der Waals surface area (Å²) in [5, 5.41) is 9.58. The molecule has 1 N–H and O–H groups in total. The Bertz CT molecular complexity index is 459. The van der Waals surface area contributed by atoms with Gasteiger partial charge in [-0.15, -0.1) is 0 Å². The molecule has 0 aliphatic carbocycles. The maximum absolute atomic E-state index is 11.7. The maximum Gasteiger partial charge on any atom is 0.321 e. The van der Waals surface area contributed by atoms with Gasteiger partial charge in [0.25, 0.3) is 0 Å². The van der Waals surface area contributed by atoms with E-state index in [4.69, 9.17) is 0 Å². The first kappa shape index (κ1) is 15.0. The quantitative estimate of drug-likeness (QED) is 0.906. The zero-order valence-corrected chi connectivity index (χ0v) is 12.6. The van der Waals surface area contributed by atoms with Gasteiger partial charge in [-0.2, -0.15) is 0 Å². The summed E-state index contributed by atoms with van der Waals surface area (Å²) in [4.78, 5) is 16.0. The van der Waals surface area contributed by atoms with Crippen molar-refractivity contribution in [1.82, 2.24) is 9.80 Å². The first-order chi connectivity index (χ1) is 9.49. The molecular weight excluding hydrogens is 252 g/mol. The van der Waals surface area contributed by atoms with E-state index < -0.39 is 12.0 Å². The van der Waals surface area contributed by atoms with E-state index in [0.29, 0.717) is 6.42 Å². The van der Waals surface area contributed by atoms with Crippen LogP contribution in [-0.4, -0.2) is 60.1 Å². The standard InChI is InChI=1S/C16H24N2O2/c1-12-5-4-6-13(2)14(12)11-15(16(19)20)18-9-7-17(3)8-10-18/h4-6,15H,7-11H2,1-3H3,(H,19,20). The number of carbonyl (C=O) groups is 1. The third-order valence-electron chi connectivity index (χ3n) is 4.31. The first-order valence-electron chi connectivity index (χ1n) is 7.19. The highest BCUT2D eigenvalue weighted by Gasteiger charge is 2.28. The lowest BCUT2D eigenvalue weighted by Gasteiger charge is -2.36. The molecular formula is C16H24N2O2. The van der Waals surface area contributed by atoms with Gasteiger partial charge in [0.1, 0.15) is 6.04 Å². The van der Waals surface area contributed by atoms with Crippen molar-refractivity contribution in [3.8, 4) is 0 Å². The number of rotatable bonds is 4. The zero-order valence-electron chi connectivity index (χ0n) is 12.6. The molecule has 1 aromatic carbocycles. The van der Waals surface area contributed by atoms with E-state index in [1.54, 1.807) is 0 Å². The summed E-state index contributed by atoms with van der Waals surface area (Å²) in [5.41, 5.74) is 3.55. The van der Waals surface area contributed by atoms with Crippen molar-refractivity contribution in [2.45, 2.75) is 26.3 Å². The highest BCUT2D eigenvalue weighted by Crippen LogP contribution is 2.18. The molecule has 4 heteroatoms. The Labute approximate surface area is 121 Å². The number of aryl methyl sites for hydroxylation is 2. The molecule has 0 aromatic heterocycles. The van der Waals surface area contributed by atoms with Gasteiger partial charge in [0.15, 0.2) is 0 Å². The number of carboxylic acid groups (broad SMARTS) is 1. The molecule has 0 radical (unpaired) electrons. The normalized spacial score (nSPS) is 18.9. The van der Waals surface area contributed by atoms with E-state index in [1.807, 2.05) is 6.07 Å². The van der Waals surface area contributed by atoms with Gasteiger partial charge in [0.05, 0.1) is 0 Å². The molecule has 20 heavy (non-hydrogen) atoms. The monoisotopic (exact) mass is 276 g/mol. The van der Waals surface area contributed by atoms with Crippen molar-refractivity contribution in [2.24, 2.45) is 0 Å². The van der Waals surface area contributed by atoms with Gasteiger partial charge < -0.3 is 10.0 Å². The molecule has 1 aromatic rings. The van der Waals surface area contributed by atoms with E-state index in [1.165, 1.54) is 16.7 Å². The van der Waals surface area contributed by atoms with Crippen LogP contribution in [0.5, 0.6) is 0 Å². The lowest BCUT2D eigenvalue weighted by molar-refractivity contribution is -0.144. The lowest BCUT2D eigenvalue weighted by atomic mass is 9.95. The lowest BCUT2D eigenvalue weighted by Crippen LogP contribution is -2.52. The van der Waals surface area contributed by atoms with E-state index in [0.717, 1.165) is 26.2 Å². The molecule has 1 fully saturated rings. The summed E-state index contributed by atoms with van der Waals surface area (Å²) in [5.74, 6) is -0.711. The zero-order chi connectivity index (χ0) is 14.7. The van der Waals surface area contributed by atoms with Gasteiger partial charge >= 0.3 is 5.97 Å². The van der Waals surface area contributed by atoms with Crippen molar-refractivity contribution < 1.29 is 9.90 Å². The molecule has 2 rings (SSSR count). The van der Waals surface area contributed by atoms with Gasteiger partial charge in [-0.1, -0.05) is 18.2 Å². The Balaban J connectivity index is 2.16. The third kappa shape index (κ3) is 3.38. The number of aliphatic carboxylic acids is 1. The molecule has 0 spiro atoms. The Morgan fingerprint density at radius 1 is 1.20 bits per heavy atom. The van der Waals surface area contributed by atoms with Crippen LogP contribution < -0.4 is 0 Å². The molecule has 1 heterocycles. The van der Waals surface area contributed by atoms with Gasteiger partial charge in [0, 0.05) is 26.2 Å². The van der Waals surface area contributed by atoms with Crippen LogP contribution in [0.4, 0.5) is 0 Å². The van der Waals surface area contributed by atoms with Gasteiger partial charge in [-0.25, -0.2) is 0 Å². The second-order valence-electron chi connectivity index (χ2n) is 5.77. The van der Waals surface area contributed by atoms with Crippen molar-refractivity contribution in [1.29, 1.82) is 0 Å². The minimum Gasteiger partial charge on any atom is -0.480 e. The number of hydrogen-bond donors (Lipinski definition) is 1. The van der Waals surface area contributed by atoms with Crippen LogP contribution in [0.3, 0.4) is 0 Å². The molecule has 1 aliphatic rings. The van der Waals surface area contributed by atoms with E-state index in [2.05, 4.69) is 42.8 Å². The minimum absolute atomic E-state index is 0.413. The van der Waals surface area contributed by atoms with Gasteiger partial charge in [-0.3, -0.25) is 9.69 Å². The fourth-order valence-electron chi connectivity index (χ4n) is 2.87. The topological polar surface area (TPSA) is 43.8 Å². The Morgan fingerprint density at radius 3 is 2.25 bits per heavy atom. The second-order valence-corrected chi connectivity index (χ2v) is 5.77. The number of likely N-dealkylation sites (N-methyl/N-ethyl adjacent to an activating group) is 1. The fraction of sp³-hybridized carbons (Fsp3) is 0.562. The average molecular weight is 276 g/mol. The van der Waals surface area contributed by atoms with E-state index >= 15 is 0 Å². The van der Waals surface area contributed by atoms with Crippen LogP contribution in [0.15, 0.2) is 18.2 Å². The Kier molecular flexibility index (Phi) is 4.78. The van der Waals surface area contributed by atoms with E-state index in [-0.39, 0.29) is 0 Å². The predicted octanol–water partition coefficient (Wildman–Crippen LogP) is 1.55. The molecule has 1 aliphatic heterocycles. The minimum atomic E-state index is -0.711. The largest absolute Gasteiger partial charge is 0.480 e. The molecule has 0 bridgehead atoms. The molecule has 1 atom stereocenters. The van der Waals surface area contributed by atoms with Crippen LogP contribution in [0.25, 0.3) is 0 Å². The third-order valence-corrected chi connectivity index (χ3v) is 4.31. The van der Waals surface area contributed by atoms with E-state index in [9.17, 15) is 9.90 Å². The smallest absolute Gasteiger partial charge is 0.321 e. The molecule has 110 valence electrons. The van der Waals surface area contributed by atoms with Crippen molar-refractivity contribution in [3.05, 3.63) is 34.9 Å². The highest BCUT2D eigenvalue weighted by molar-refractivity contribution is 5.74. The predicted molar refractivity (Wildman–Crippen MR) is 80.1 cm³/mol. The number of carboxylic acids is 1. The Hall–Kier alpha value is -1.39. The molecule has 0 amide bonds. The van der Waals surface area contributed by atoms with Gasteiger partial charge in [0.2, 0.25) is 0 Å². The van der Waals surface area contributed by atoms with Crippen molar-refractivity contribution >= 4 is 5.97 Å². The summed E-state index contributed by atoms with van der Waals surface area (Å²) < 4.78 is 0. The van der Waals surface area contributed by atoms with Crippen LogP contribution in [0, 0.1) is 13.8 Å². The Morgan fingerprint density at radius 2 is 1.75 bits per heavy atom. The van der Waals surface area contributed by atoms with Crippen molar-refractivity contribution in [2.75, 3.05) is 33.2 Å². The summed E-state index contributed by atoms with van der Waals surface area (Å²) >= 11 is 0. The highest BCUT2D eigenvalue weighted by atomic mass is 16.4. The summed E-state index contributed by atoms with van der Waals surface area (Å²) in [6.45, 7) is 7.67. The second kappa shape index (κ2) is 6.37. The summed E-state index contributed by atoms with van der Waals surface area (Å²) in [6.07, 6.45) is 0.595. The fourth-order valence-corrected chi connectivity index (χ4v) is 2.87. The summed E-state index contributed by atoms with van der Waals surface area (Å²) in [6, 6.07) is 5.74. The molecule has 0 saturated carbocycles. The molecule has 1 saturated heterocycles. The SMILES string of the molecule is Cc1cccc(C)c1CC(C(=O)O)N1CCN(C)CC1. The number of hydrogen-bond acceptors (Lipinski definition) is 3. The van der Waals surface area contributed by atoms with Crippen LogP contribution in [0.2, 0.25) is 0 Å². The van der Waals surface area contributed by atoms with Gasteiger partial charge in [-0.05, 0) is 44.0 Å². The number of nitrogens with zero attached hydrogens (tertiary/aromatic N) is 2. The number of benzene rings is 1. The first-order valence-corrected chi connectivity index (χ1v) is 7.19. The molecule has 1 unspecified atom stereocenters.